The number of aromatic nitrogens is 5. The molecule has 3 rings (SSSR count). The van der Waals surface area contributed by atoms with Crippen LogP contribution in [0.15, 0.2) is 39.0 Å². The lowest BCUT2D eigenvalue weighted by molar-refractivity contribution is 0.573. The molecule has 0 saturated heterocycles. The fourth-order valence-electron chi connectivity index (χ4n) is 2.50. The maximum atomic E-state index is 12.3. The van der Waals surface area contributed by atoms with Gasteiger partial charge in [-0.3, -0.25) is 13.8 Å². The standard InChI is InChI=1S/C16H19N5O2S/c1-3-4-8-20-15(23)18-19-16(20)24-10-12-9-14(22)21-11(2)6-5-7-13(21)17-12/h5-7,9H,3-4,8,10H2,1-2H3,(H,18,23). The number of pyridine rings is 1. The predicted molar refractivity (Wildman–Crippen MR) is 93.5 cm³/mol. The minimum Gasteiger partial charge on any atom is -0.270 e. The molecule has 0 saturated carbocycles. The van der Waals surface area contributed by atoms with E-state index in [0.29, 0.717) is 28.8 Å². The molecule has 0 spiro atoms. The summed E-state index contributed by atoms with van der Waals surface area (Å²) in [7, 11) is 0. The van der Waals surface area contributed by atoms with Crippen molar-refractivity contribution in [2.45, 2.75) is 44.1 Å². The van der Waals surface area contributed by atoms with E-state index in [1.807, 2.05) is 25.1 Å². The Morgan fingerprint density at radius 2 is 2.12 bits per heavy atom. The van der Waals surface area contributed by atoms with Gasteiger partial charge >= 0.3 is 5.69 Å². The molecule has 0 amide bonds. The van der Waals surface area contributed by atoms with Gasteiger partial charge in [-0.1, -0.05) is 31.2 Å². The van der Waals surface area contributed by atoms with Crippen molar-refractivity contribution in [3.8, 4) is 0 Å². The van der Waals surface area contributed by atoms with E-state index in [0.717, 1.165) is 18.5 Å². The Bertz CT molecular complexity index is 972. The number of nitrogens with one attached hydrogen (secondary N) is 1. The van der Waals surface area contributed by atoms with Crippen LogP contribution in [-0.2, 0) is 12.3 Å². The first-order valence-corrected chi connectivity index (χ1v) is 8.85. The van der Waals surface area contributed by atoms with Crippen molar-refractivity contribution in [3.05, 3.63) is 56.5 Å². The molecule has 0 aliphatic carbocycles. The molecular weight excluding hydrogens is 326 g/mol. The van der Waals surface area contributed by atoms with Gasteiger partial charge in [0.05, 0.1) is 5.69 Å². The highest BCUT2D eigenvalue weighted by Crippen LogP contribution is 2.18. The quantitative estimate of drug-likeness (QED) is 0.691. The van der Waals surface area contributed by atoms with Crippen LogP contribution in [0.5, 0.6) is 0 Å². The molecule has 8 heteroatoms. The van der Waals surface area contributed by atoms with Crippen molar-refractivity contribution < 1.29 is 0 Å². The number of aryl methyl sites for hydroxylation is 1. The molecule has 0 aliphatic rings. The first kappa shape index (κ1) is 16.5. The summed E-state index contributed by atoms with van der Waals surface area (Å²) < 4.78 is 3.21. The van der Waals surface area contributed by atoms with Crippen LogP contribution in [0, 0.1) is 6.92 Å². The highest BCUT2D eigenvalue weighted by molar-refractivity contribution is 7.98. The number of unbranched alkanes of at least 4 members (excludes halogenated alkanes) is 1. The van der Waals surface area contributed by atoms with Crippen LogP contribution >= 0.6 is 11.8 Å². The van der Waals surface area contributed by atoms with E-state index in [2.05, 4.69) is 22.1 Å². The van der Waals surface area contributed by atoms with Gasteiger partial charge in [-0.05, 0) is 25.5 Å². The molecular formula is C16H19N5O2S. The molecule has 24 heavy (non-hydrogen) atoms. The molecule has 0 unspecified atom stereocenters. The number of hydrogen-bond donors (Lipinski definition) is 1. The van der Waals surface area contributed by atoms with E-state index < -0.39 is 0 Å². The average molecular weight is 345 g/mol. The van der Waals surface area contributed by atoms with E-state index in [4.69, 9.17) is 0 Å². The van der Waals surface area contributed by atoms with Crippen molar-refractivity contribution in [1.82, 2.24) is 24.1 Å². The average Bonchev–Trinajstić information content (AvgIpc) is 2.91. The van der Waals surface area contributed by atoms with Gasteiger partial charge in [0.2, 0.25) is 0 Å². The minimum absolute atomic E-state index is 0.0981. The summed E-state index contributed by atoms with van der Waals surface area (Å²) in [5.41, 5.74) is 1.86. The number of rotatable bonds is 6. The van der Waals surface area contributed by atoms with Crippen molar-refractivity contribution in [2.24, 2.45) is 0 Å². The third kappa shape index (κ3) is 3.28. The Hall–Kier alpha value is -2.35. The second kappa shape index (κ2) is 7.04. The summed E-state index contributed by atoms with van der Waals surface area (Å²) in [5, 5.41) is 7.17. The molecule has 0 bridgehead atoms. The molecule has 3 heterocycles. The molecule has 0 aromatic carbocycles. The molecule has 3 aromatic rings. The first-order valence-electron chi connectivity index (χ1n) is 7.86. The fourth-order valence-corrected chi connectivity index (χ4v) is 3.37. The number of fused-ring (bicyclic) bond motifs is 1. The second-order valence-electron chi connectivity index (χ2n) is 5.55. The van der Waals surface area contributed by atoms with E-state index >= 15 is 0 Å². The number of aromatic amines is 1. The van der Waals surface area contributed by atoms with Crippen LogP contribution in [0.25, 0.3) is 5.65 Å². The maximum Gasteiger partial charge on any atom is 0.343 e. The van der Waals surface area contributed by atoms with E-state index in [-0.39, 0.29) is 11.2 Å². The number of nitrogens with zero attached hydrogens (tertiary/aromatic N) is 4. The van der Waals surface area contributed by atoms with Gasteiger partial charge in [0.15, 0.2) is 5.16 Å². The van der Waals surface area contributed by atoms with Gasteiger partial charge in [0.1, 0.15) is 5.65 Å². The Labute approximate surface area is 142 Å². The van der Waals surface area contributed by atoms with Crippen LogP contribution in [0.1, 0.15) is 31.2 Å². The van der Waals surface area contributed by atoms with Gasteiger partial charge in [-0.25, -0.2) is 14.9 Å². The number of thioether (sulfide) groups is 1. The van der Waals surface area contributed by atoms with Crippen molar-refractivity contribution in [1.29, 1.82) is 0 Å². The predicted octanol–water partition coefficient (Wildman–Crippen LogP) is 1.98. The lowest BCUT2D eigenvalue weighted by Gasteiger charge is -2.07. The SMILES string of the molecule is CCCCn1c(SCc2cc(=O)n3c(C)cccc3n2)n[nH]c1=O. The Morgan fingerprint density at radius 1 is 1.29 bits per heavy atom. The van der Waals surface area contributed by atoms with Crippen molar-refractivity contribution in [3.63, 3.8) is 0 Å². The van der Waals surface area contributed by atoms with E-state index in [1.165, 1.54) is 17.8 Å². The molecule has 0 aliphatic heterocycles. The summed E-state index contributed by atoms with van der Waals surface area (Å²) in [4.78, 5) is 28.6. The molecule has 3 aromatic heterocycles. The van der Waals surface area contributed by atoms with Gasteiger partial charge < -0.3 is 0 Å². The molecule has 0 radical (unpaired) electrons. The van der Waals surface area contributed by atoms with Crippen molar-refractivity contribution in [2.75, 3.05) is 0 Å². The number of H-pyrrole nitrogens is 1. The van der Waals surface area contributed by atoms with Gasteiger partial charge in [0, 0.05) is 24.1 Å². The monoisotopic (exact) mass is 345 g/mol. The summed E-state index contributed by atoms with van der Waals surface area (Å²) in [6.07, 6.45) is 1.92. The second-order valence-corrected chi connectivity index (χ2v) is 6.49. The lowest BCUT2D eigenvalue weighted by atomic mass is 10.3. The maximum absolute atomic E-state index is 12.3. The first-order chi connectivity index (χ1) is 11.6. The molecule has 1 N–H and O–H groups in total. The summed E-state index contributed by atoms with van der Waals surface area (Å²) in [5.74, 6) is 0.482. The third-order valence-corrected chi connectivity index (χ3v) is 4.75. The van der Waals surface area contributed by atoms with Crippen LogP contribution < -0.4 is 11.2 Å². The van der Waals surface area contributed by atoms with E-state index in [9.17, 15) is 9.59 Å². The Kier molecular flexibility index (Phi) is 4.84. The molecule has 126 valence electrons. The largest absolute Gasteiger partial charge is 0.343 e. The summed E-state index contributed by atoms with van der Waals surface area (Å²) in [6.45, 7) is 4.59. The third-order valence-electron chi connectivity index (χ3n) is 3.74. The van der Waals surface area contributed by atoms with Crippen LogP contribution in [0.3, 0.4) is 0 Å². The normalized spacial score (nSPS) is 11.2. The fraction of sp³-hybridized carbons (Fsp3) is 0.375. The zero-order valence-corrected chi connectivity index (χ0v) is 14.5. The Morgan fingerprint density at radius 3 is 2.92 bits per heavy atom. The zero-order valence-electron chi connectivity index (χ0n) is 13.7. The molecule has 0 fully saturated rings. The summed E-state index contributed by atoms with van der Waals surface area (Å²) >= 11 is 1.40. The highest BCUT2D eigenvalue weighted by Gasteiger charge is 2.10. The van der Waals surface area contributed by atoms with Gasteiger partial charge in [-0.2, -0.15) is 0 Å². The van der Waals surface area contributed by atoms with Crippen LogP contribution in [0.2, 0.25) is 0 Å². The Balaban J connectivity index is 1.84. The van der Waals surface area contributed by atoms with Gasteiger partial charge in [-0.15, -0.1) is 5.10 Å². The lowest BCUT2D eigenvalue weighted by Crippen LogP contribution is -2.18. The minimum atomic E-state index is -0.201. The summed E-state index contributed by atoms with van der Waals surface area (Å²) in [6, 6.07) is 7.10. The molecule has 7 nitrogen and oxygen atoms in total. The smallest absolute Gasteiger partial charge is 0.270 e. The zero-order chi connectivity index (χ0) is 17.1. The van der Waals surface area contributed by atoms with E-state index in [1.54, 1.807) is 8.97 Å². The van der Waals surface area contributed by atoms with Crippen LogP contribution in [-0.4, -0.2) is 24.1 Å². The highest BCUT2D eigenvalue weighted by atomic mass is 32.2. The van der Waals surface area contributed by atoms with Crippen LogP contribution in [0.4, 0.5) is 0 Å². The molecule has 0 atom stereocenters. The van der Waals surface area contributed by atoms with Crippen molar-refractivity contribution >= 4 is 17.4 Å². The van der Waals surface area contributed by atoms with Gasteiger partial charge in [0.25, 0.3) is 5.56 Å². The topological polar surface area (TPSA) is 85.0 Å². The number of hydrogen-bond acceptors (Lipinski definition) is 5.